The molecule has 0 aromatic heterocycles. The third kappa shape index (κ3) is 10.7. The Morgan fingerprint density at radius 2 is 1.72 bits per heavy atom. The van der Waals surface area contributed by atoms with Crippen molar-refractivity contribution >= 4 is 23.6 Å². The van der Waals surface area contributed by atoms with Crippen molar-refractivity contribution < 1.29 is 36.3 Å². The third-order valence-electron chi connectivity index (χ3n) is 5.19. The van der Waals surface area contributed by atoms with E-state index in [9.17, 15) is 22.7 Å². The summed E-state index contributed by atoms with van der Waals surface area (Å²) in [6.45, 7) is 5.42. The predicted molar refractivity (Wildman–Crippen MR) is 139 cm³/mol. The Kier molecular flexibility index (Phi) is 11.0. The van der Waals surface area contributed by atoms with Crippen LogP contribution in [0.1, 0.15) is 38.3 Å². The van der Waals surface area contributed by atoms with E-state index in [0.29, 0.717) is 5.75 Å². The fourth-order valence-corrected chi connectivity index (χ4v) is 6.27. The van der Waals surface area contributed by atoms with Gasteiger partial charge in [-0.25, -0.2) is 4.79 Å². The molecule has 2 atom stereocenters. The molecule has 0 spiro atoms. The maximum absolute atomic E-state index is 13.3. The van der Waals surface area contributed by atoms with Crippen LogP contribution in [0.5, 0.6) is 5.75 Å². The molecular formula is C25H36NO8PS. The van der Waals surface area contributed by atoms with Crippen LogP contribution in [0.25, 0.3) is 0 Å². The molecule has 2 aromatic rings. The van der Waals surface area contributed by atoms with Gasteiger partial charge in [0.05, 0.1) is 19.5 Å². The Morgan fingerprint density at radius 3 is 2.36 bits per heavy atom. The summed E-state index contributed by atoms with van der Waals surface area (Å²) in [4.78, 5) is 23.4. The van der Waals surface area contributed by atoms with Gasteiger partial charge in [0.25, 0.3) is 10.1 Å². The van der Waals surface area contributed by atoms with E-state index in [0.717, 1.165) is 11.1 Å². The average molecular weight is 542 g/mol. The highest BCUT2D eigenvalue weighted by molar-refractivity contribution is 7.86. The topological polar surface area (TPSA) is 128 Å². The number of ether oxygens (including phenoxy) is 2. The van der Waals surface area contributed by atoms with Gasteiger partial charge in [-0.3, -0.25) is 8.75 Å². The van der Waals surface area contributed by atoms with Crippen molar-refractivity contribution in [3.05, 3.63) is 65.7 Å². The highest BCUT2D eigenvalue weighted by Crippen LogP contribution is 2.47. The number of rotatable bonds is 13. The molecule has 11 heteroatoms. The SMILES string of the molecule is COc1ccccc1CCP(=O)(O)C(CCS(=O)(=O)OCC(C)(C)C)NC(=O)OCc1ccccc1. The molecule has 2 rings (SSSR count). The van der Waals surface area contributed by atoms with Gasteiger partial charge >= 0.3 is 6.09 Å². The summed E-state index contributed by atoms with van der Waals surface area (Å²) in [6.07, 6.45) is -1.22. The molecule has 2 aromatic carbocycles. The maximum atomic E-state index is 13.3. The fraction of sp³-hybridized carbons (Fsp3) is 0.480. The monoisotopic (exact) mass is 541 g/mol. The van der Waals surface area contributed by atoms with Crippen LogP contribution in [0, 0.1) is 5.41 Å². The number of hydrogen-bond acceptors (Lipinski definition) is 7. The van der Waals surface area contributed by atoms with Crippen LogP contribution in [0.3, 0.4) is 0 Å². The van der Waals surface area contributed by atoms with Crippen LogP contribution in [0.2, 0.25) is 0 Å². The first-order valence-corrected chi connectivity index (χ1v) is 15.1. The number of hydrogen-bond donors (Lipinski definition) is 2. The molecule has 2 N–H and O–H groups in total. The van der Waals surface area contributed by atoms with E-state index in [2.05, 4.69) is 5.32 Å². The van der Waals surface area contributed by atoms with E-state index < -0.39 is 35.1 Å². The fourth-order valence-electron chi connectivity index (χ4n) is 3.20. The Bertz CT molecular complexity index is 1130. The van der Waals surface area contributed by atoms with E-state index >= 15 is 0 Å². The number of benzene rings is 2. The lowest BCUT2D eigenvalue weighted by atomic mass is 9.99. The molecule has 1 amide bonds. The van der Waals surface area contributed by atoms with Crippen LogP contribution in [0.15, 0.2) is 54.6 Å². The molecule has 9 nitrogen and oxygen atoms in total. The largest absolute Gasteiger partial charge is 0.496 e. The van der Waals surface area contributed by atoms with Crippen molar-refractivity contribution in [1.82, 2.24) is 5.32 Å². The molecule has 0 aliphatic rings. The summed E-state index contributed by atoms with van der Waals surface area (Å²) >= 11 is 0. The standard InChI is InChI=1S/C25H36NO8PS/c1-25(2,3)19-34-36(30,31)17-15-23(26-24(27)33-18-20-10-6-5-7-11-20)35(28,29)16-14-21-12-8-9-13-22(21)32-4/h5-13,23H,14-19H2,1-4H3,(H,26,27)(H,28,29). The Balaban J connectivity index is 2.11. The van der Waals surface area contributed by atoms with Gasteiger partial charge < -0.3 is 19.7 Å². The van der Waals surface area contributed by atoms with E-state index in [4.69, 9.17) is 13.7 Å². The zero-order chi connectivity index (χ0) is 26.8. The number of amides is 1. The third-order valence-corrected chi connectivity index (χ3v) is 8.63. The Labute approximate surface area is 213 Å². The van der Waals surface area contributed by atoms with Gasteiger partial charge in [-0.05, 0) is 35.4 Å². The molecule has 0 saturated carbocycles. The molecule has 0 fully saturated rings. The second kappa shape index (κ2) is 13.2. The lowest BCUT2D eigenvalue weighted by Crippen LogP contribution is -2.37. The quantitative estimate of drug-likeness (QED) is 0.279. The molecule has 0 radical (unpaired) electrons. The lowest BCUT2D eigenvalue weighted by molar-refractivity contribution is 0.137. The number of nitrogens with one attached hydrogen (secondary N) is 1. The zero-order valence-electron chi connectivity index (χ0n) is 21.2. The second-order valence-corrected chi connectivity index (χ2v) is 14.0. The number of aryl methyl sites for hydroxylation is 1. The van der Waals surface area contributed by atoms with Crippen molar-refractivity contribution in [3.8, 4) is 5.75 Å². The summed E-state index contributed by atoms with van der Waals surface area (Å²) in [5, 5.41) is 2.41. The van der Waals surface area contributed by atoms with Crippen LogP contribution in [0.4, 0.5) is 4.79 Å². The van der Waals surface area contributed by atoms with Crippen LogP contribution >= 0.6 is 7.37 Å². The number of para-hydroxylation sites is 1. The summed E-state index contributed by atoms with van der Waals surface area (Å²) in [5.41, 5.74) is 1.08. The number of carbonyl (C=O) groups is 1. The Morgan fingerprint density at radius 1 is 1.08 bits per heavy atom. The minimum atomic E-state index is -4.07. The molecule has 0 saturated heterocycles. The van der Waals surface area contributed by atoms with Crippen molar-refractivity contribution in [3.63, 3.8) is 0 Å². The summed E-state index contributed by atoms with van der Waals surface area (Å²) in [5.74, 6) is -1.31. The van der Waals surface area contributed by atoms with E-state index in [1.807, 2.05) is 26.8 Å². The smallest absolute Gasteiger partial charge is 0.408 e. The van der Waals surface area contributed by atoms with Gasteiger partial charge in [0.1, 0.15) is 18.1 Å². The van der Waals surface area contributed by atoms with Crippen LogP contribution in [-0.4, -0.2) is 50.8 Å². The second-order valence-electron chi connectivity index (χ2n) is 9.64. The summed E-state index contributed by atoms with van der Waals surface area (Å²) < 4.78 is 53.7. The zero-order valence-corrected chi connectivity index (χ0v) is 22.9. The van der Waals surface area contributed by atoms with E-state index in [1.165, 1.54) is 7.11 Å². The van der Waals surface area contributed by atoms with Gasteiger partial charge in [-0.15, -0.1) is 0 Å². The molecule has 200 valence electrons. The molecule has 0 heterocycles. The molecule has 0 aliphatic carbocycles. The van der Waals surface area contributed by atoms with Gasteiger partial charge in [0, 0.05) is 6.16 Å². The molecule has 0 aliphatic heterocycles. The number of alkyl carbamates (subject to hydrolysis) is 1. The predicted octanol–water partition coefficient (Wildman–Crippen LogP) is 4.54. The first-order chi connectivity index (χ1) is 16.8. The molecule has 2 unspecified atom stereocenters. The first-order valence-electron chi connectivity index (χ1n) is 11.6. The summed E-state index contributed by atoms with van der Waals surface area (Å²) in [6, 6.07) is 16.1. The minimum absolute atomic E-state index is 0.0306. The van der Waals surface area contributed by atoms with Crippen molar-refractivity contribution in [2.24, 2.45) is 5.41 Å². The molecule has 0 bridgehead atoms. The first kappa shape index (κ1) is 29.8. The van der Waals surface area contributed by atoms with Crippen molar-refractivity contribution in [2.75, 3.05) is 25.6 Å². The Hall–Kier alpha value is -2.39. The van der Waals surface area contributed by atoms with Crippen LogP contribution in [-0.2, 0) is 36.6 Å². The van der Waals surface area contributed by atoms with E-state index in [1.54, 1.807) is 48.5 Å². The molecule has 36 heavy (non-hydrogen) atoms. The van der Waals surface area contributed by atoms with Gasteiger partial charge in [0.2, 0.25) is 7.37 Å². The van der Waals surface area contributed by atoms with Crippen molar-refractivity contribution in [2.45, 2.75) is 46.0 Å². The summed E-state index contributed by atoms with van der Waals surface area (Å²) in [7, 11) is -6.55. The lowest BCUT2D eigenvalue weighted by Gasteiger charge is -2.25. The van der Waals surface area contributed by atoms with Gasteiger partial charge in [0.15, 0.2) is 0 Å². The van der Waals surface area contributed by atoms with Gasteiger partial charge in [-0.1, -0.05) is 69.3 Å². The highest BCUT2D eigenvalue weighted by Gasteiger charge is 2.34. The van der Waals surface area contributed by atoms with Crippen molar-refractivity contribution in [1.29, 1.82) is 0 Å². The van der Waals surface area contributed by atoms with Crippen LogP contribution < -0.4 is 10.1 Å². The van der Waals surface area contributed by atoms with E-state index in [-0.39, 0.29) is 37.6 Å². The highest BCUT2D eigenvalue weighted by atomic mass is 32.2. The van der Waals surface area contributed by atoms with Gasteiger partial charge in [-0.2, -0.15) is 8.42 Å². The average Bonchev–Trinajstić information content (AvgIpc) is 2.83. The normalized spacial score (nSPS) is 14.5. The number of methoxy groups -OCH3 is 1. The maximum Gasteiger partial charge on any atom is 0.408 e. The molecular weight excluding hydrogens is 505 g/mol. The number of carbonyl (C=O) groups excluding carboxylic acids is 1. The minimum Gasteiger partial charge on any atom is -0.496 e.